The van der Waals surface area contributed by atoms with E-state index in [1.165, 1.54) is 18.2 Å². The number of aromatic nitrogens is 1. The quantitative estimate of drug-likeness (QED) is 0.490. The Morgan fingerprint density at radius 2 is 1.83 bits per heavy atom. The Morgan fingerprint density at radius 1 is 1.15 bits per heavy atom. The molecule has 2 saturated heterocycles. The van der Waals surface area contributed by atoms with Crippen molar-refractivity contribution in [1.82, 2.24) is 20.5 Å². The van der Waals surface area contributed by atoms with E-state index in [2.05, 4.69) is 20.4 Å². The second-order valence-electron chi connectivity index (χ2n) is 10.00. The van der Waals surface area contributed by atoms with Gasteiger partial charge in [0.25, 0.3) is 5.91 Å². The summed E-state index contributed by atoms with van der Waals surface area (Å²) in [5.74, 6) is -2.63. The minimum atomic E-state index is -0.868. The molecule has 0 unspecified atom stereocenters. The van der Waals surface area contributed by atoms with Gasteiger partial charge >= 0.3 is 12.2 Å². The van der Waals surface area contributed by atoms with Gasteiger partial charge in [-0.15, -0.1) is 0 Å². The van der Waals surface area contributed by atoms with Crippen molar-refractivity contribution < 1.29 is 37.4 Å². The van der Waals surface area contributed by atoms with Gasteiger partial charge in [0.2, 0.25) is 5.91 Å². The Kier molecular flexibility index (Phi) is 9.20. The van der Waals surface area contributed by atoms with Crippen LogP contribution in [0.1, 0.15) is 24.2 Å². The highest BCUT2D eigenvalue weighted by molar-refractivity contribution is 5.97. The van der Waals surface area contributed by atoms with Crippen LogP contribution >= 0.6 is 0 Å². The molecule has 4 amide bonds. The van der Waals surface area contributed by atoms with E-state index in [1.807, 2.05) is 13.8 Å². The molecule has 2 aromatic rings. The Labute approximate surface area is 235 Å². The summed E-state index contributed by atoms with van der Waals surface area (Å²) in [4.78, 5) is 57.6. The lowest BCUT2D eigenvalue weighted by molar-refractivity contribution is -0.134. The van der Waals surface area contributed by atoms with E-state index in [0.29, 0.717) is 5.56 Å². The molecule has 2 aliphatic rings. The Hall–Kier alpha value is -4.49. The van der Waals surface area contributed by atoms with Gasteiger partial charge in [0.05, 0.1) is 31.5 Å². The average Bonchev–Trinajstić information content (AvgIpc) is 3.34. The summed E-state index contributed by atoms with van der Waals surface area (Å²) in [6, 6.07) is 4.55. The molecule has 0 spiro atoms. The minimum Gasteiger partial charge on any atom is -0.453 e. The number of benzene rings is 1. The highest BCUT2D eigenvalue weighted by atomic mass is 19.1. The van der Waals surface area contributed by atoms with E-state index >= 15 is 8.78 Å². The topological polar surface area (TPSA) is 133 Å². The number of nitrogens with zero attached hydrogens (tertiary/aromatic N) is 4. The Morgan fingerprint density at radius 3 is 2.41 bits per heavy atom. The van der Waals surface area contributed by atoms with Gasteiger partial charge in [0.1, 0.15) is 17.8 Å². The molecule has 0 aliphatic carbocycles. The normalized spacial score (nSPS) is 17.8. The zero-order chi connectivity index (χ0) is 29.7. The van der Waals surface area contributed by atoms with Gasteiger partial charge < -0.3 is 29.9 Å². The first kappa shape index (κ1) is 29.5. The van der Waals surface area contributed by atoms with Crippen LogP contribution in [0.3, 0.4) is 0 Å². The van der Waals surface area contributed by atoms with Gasteiger partial charge in [-0.05, 0) is 18.1 Å². The number of carbonyl (C=O) groups is 4. The zero-order valence-corrected chi connectivity index (χ0v) is 22.9. The number of alkyl carbamates (subject to hydrolysis) is 1. The van der Waals surface area contributed by atoms with Crippen LogP contribution in [0.25, 0.3) is 0 Å². The lowest BCUT2D eigenvalue weighted by Gasteiger charge is -2.38. The van der Waals surface area contributed by atoms with Crippen molar-refractivity contribution in [3.63, 3.8) is 0 Å². The van der Waals surface area contributed by atoms with E-state index in [-0.39, 0.29) is 62.5 Å². The molecule has 1 aromatic carbocycles. The van der Waals surface area contributed by atoms with Gasteiger partial charge in [-0.2, -0.15) is 0 Å². The first-order valence-corrected chi connectivity index (χ1v) is 13.1. The number of rotatable bonds is 8. The number of carbonyl (C=O) groups excluding carboxylic acids is 4. The highest BCUT2D eigenvalue weighted by Crippen LogP contribution is 2.31. The molecular weight excluding hydrogens is 542 g/mol. The zero-order valence-electron chi connectivity index (χ0n) is 22.9. The van der Waals surface area contributed by atoms with E-state index in [9.17, 15) is 19.2 Å². The van der Waals surface area contributed by atoms with Crippen molar-refractivity contribution in [2.75, 3.05) is 56.2 Å². The number of nitrogens with one attached hydrogen (secondary N) is 2. The fraction of sp³-hybridized carbons (Fsp3) is 0.444. The van der Waals surface area contributed by atoms with Crippen molar-refractivity contribution in [2.45, 2.75) is 26.0 Å². The SMILES string of the molecule is COC(=O)NC[C@H]1CN(c2cc(F)c(N3CCN(C(=O)[C@@H](NC(=O)c4cccnc4)C(C)C)CC3)c(F)c2)C(=O)O1. The maximum Gasteiger partial charge on any atom is 0.414 e. The molecule has 2 aliphatic heterocycles. The van der Waals surface area contributed by atoms with Crippen LogP contribution in [-0.4, -0.2) is 92.4 Å². The smallest absolute Gasteiger partial charge is 0.414 e. The maximum atomic E-state index is 15.2. The number of pyridine rings is 1. The second-order valence-corrected chi connectivity index (χ2v) is 10.00. The van der Waals surface area contributed by atoms with Crippen LogP contribution < -0.4 is 20.4 Å². The molecule has 0 bridgehead atoms. The molecule has 2 N–H and O–H groups in total. The molecule has 4 rings (SSSR count). The van der Waals surface area contributed by atoms with Gasteiger partial charge in [-0.25, -0.2) is 18.4 Å². The van der Waals surface area contributed by atoms with Crippen LogP contribution in [-0.2, 0) is 14.3 Å². The summed E-state index contributed by atoms with van der Waals surface area (Å²) in [5.41, 5.74) is 0.0515. The van der Waals surface area contributed by atoms with Crippen molar-refractivity contribution in [1.29, 1.82) is 0 Å². The molecule has 2 atom stereocenters. The molecule has 0 saturated carbocycles. The molecule has 41 heavy (non-hydrogen) atoms. The predicted octanol–water partition coefficient (Wildman–Crippen LogP) is 2.14. The summed E-state index contributed by atoms with van der Waals surface area (Å²) in [7, 11) is 1.19. The average molecular weight is 575 g/mol. The first-order valence-electron chi connectivity index (χ1n) is 13.1. The molecule has 3 heterocycles. The molecule has 14 heteroatoms. The van der Waals surface area contributed by atoms with Crippen LogP contribution in [0.4, 0.5) is 29.7 Å². The molecule has 2 fully saturated rings. The number of anilines is 2. The van der Waals surface area contributed by atoms with Crippen molar-refractivity contribution in [3.05, 3.63) is 53.9 Å². The minimum absolute atomic E-state index is 0.0177. The standard InChI is InChI=1S/C27H32F2N6O6/c1-16(2)22(32-24(36)17-5-4-6-30-13-17)25(37)34-9-7-33(8-10-34)23-20(28)11-18(12-21(23)29)35-15-19(41-27(35)39)14-31-26(38)40-3/h4-6,11-13,16,19,22H,7-10,14-15H2,1-3H3,(H,31,38)(H,32,36)/t19-,22-/m0/s1. The third-order valence-corrected chi connectivity index (χ3v) is 6.90. The number of hydrogen-bond donors (Lipinski definition) is 2. The summed E-state index contributed by atoms with van der Waals surface area (Å²) >= 11 is 0. The van der Waals surface area contributed by atoms with Crippen LogP contribution in [0.5, 0.6) is 0 Å². The molecular formula is C27H32F2N6O6. The number of cyclic esters (lactones) is 1. The number of hydrogen-bond acceptors (Lipinski definition) is 8. The largest absolute Gasteiger partial charge is 0.453 e. The van der Waals surface area contributed by atoms with E-state index in [1.54, 1.807) is 23.2 Å². The third-order valence-electron chi connectivity index (χ3n) is 6.90. The predicted molar refractivity (Wildman–Crippen MR) is 144 cm³/mol. The van der Waals surface area contributed by atoms with Crippen molar-refractivity contribution >= 4 is 35.4 Å². The van der Waals surface area contributed by atoms with Crippen LogP contribution in [0.2, 0.25) is 0 Å². The fourth-order valence-electron chi connectivity index (χ4n) is 4.70. The molecule has 0 radical (unpaired) electrons. The fourth-order valence-corrected chi connectivity index (χ4v) is 4.70. The summed E-state index contributed by atoms with van der Waals surface area (Å²) < 4.78 is 40.0. The summed E-state index contributed by atoms with van der Waals surface area (Å²) in [6.45, 7) is 4.31. The number of methoxy groups -OCH3 is 1. The Balaban J connectivity index is 1.38. The monoisotopic (exact) mass is 574 g/mol. The van der Waals surface area contributed by atoms with Gasteiger partial charge in [-0.3, -0.25) is 19.5 Å². The number of amides is 4. The van der Waals surface area contributed by atoms with Gasteiger partial charge in [0.15, 0.2) is 11.6 Å². The molecule has 220 valence electrons. The second kappa shape index (κ2) is 12.8. The van der Waals surface area contributed by atoms with Gasteiger partial charge in [0, 0.05) is 50.7 Å². The lowest BCUT2D eigenvalue weighted by Crippen LogP contribution is -2.56. The van der Waals surface area contributed by atoms with Crippen molar-refractivity contribution in [3.8, 4) is 0 Å². The van der Waals surface area contributed by atoms with E-state index < -0.39 is 41.9 Å². The summed E-state index contributed by atoms with van der Waals surface area (Å²) in [6.07, 6.45) is 0.746. The number of ether oxygens (including phenoxy) is 2. The lowest BCUT2D eigenvalue weighted by atomic mass is 10.0. The maximum absolute atomic E-state index is 15.2. The third kappa shape index (κ3) is 6.81. The van der Waals surface area contributed by atoms with Crippen LogP contribution in [0.15, 0.2) is 36.7 Å². The van der Waals surface area contributed by atoms with Crippen molar-refractivity contribution in [2.24, 2.45) is 5.92 Å². The summed E-state index contributed by atoms with van der Waals surface area (Å²) in [5, 5.41) is 5.19. The number of piperazine rings is 1. The van der Waals surface area contributed by atoms with Crippen LogP contribution in [0, 0.1) is 17.6 Å². The molecule has 1 aromatic heterocycles. The van der Waals surface area contributed by atoms with E-state index in [0.717, 1.165) is 17.0 Å². The van der Waals surface area contributed by atoms with Gasteiger partial charge in [-0.1, -0.05) is 13.8 Å². The Bertz CT molecular complexity index is 1270. The molecule has 12 nitrogen and oxygen atoms in total. The first-order chi connectivity index (χ1) is 19.6. The highest BCUT2D eigenvalue weighted by Gasteiger charge is 2.35. The number of halogens is 2. The van der Waals surface area contributed by atoms with E-state index in [4.69, 9.17) is 4.74 Å².